The van der Waals surface area contributed by atoms with Gasteiger partial charge in [-0.1, -0.05) is 12.1 Å². The van der Waals surface area contributed by atoms with E-state index < -0.39 is 0 Å². The molecule has 0 aromatic heterocycles. The van der Waals surface area contributed by atoms with Crippen LogP contribution in [-0.2, 0) is 4.74 Å². The molecule has 0 bridgehead atoms. The molecule has 20 heavy (non-hydrogen) atoms. The zero-order valence-electron chi connectivity index (χ0n) is 12.5. The van der Waals surface area contributed by atoms with Crippen molar-refractivity contribution in [1.29, 1.82) is 0 Å². The minimum atomic E-state index is -0.228. The van der Waals surface area contributed by atoms with Crippen molar-refractivity contribution in [3.63, 3.8) is 0 Å². The second kappa shape index (κ2) is 5.37. The van der Waals surface area contributed by atoms with Crippen LogP contribution in [0, 0.1) is 0 Å². The van der Waals surface area contributed by atoms with E-state index >= 15 is 0 Å². The number of benzene rings is 1. The Hall–Kier alpha value is -1.07. The Morgan fingerprint density at radius 2 is 2.10 bits per heavy atom. The number of guanidine groups is 1. The van der Waals surface area contributed by atoms with Crippen molar-refractivity contribution in [2.24, 2.45) is 10.7 Å². The van der Waals surface area contributed by atoms with Crippen LogP contribution >= 0.6 is 15.9 Å². The third kappa shape index (κ3) is 2.83. The number of hydrogen-bond acceptors (Lipinski definition) is 4. The van der Waals surface area contributed by atoms with Crippen molar-refractivity contribution in [1.82, 2.24) is 0 Å². The van der Waals surface area contributed by atoms with Crippen LogP contribution in [0.5, 0.6) is 0 Å². The van der Waals surface area contributed by atoms with Gasteiger partial charge in [-0.15, -0.1) is 0 Å². The smallest absolute Gasteiger partial charge is 0.196 e. The molecule has 0 saturated heterocycles. The van der Waals surface area contributed by atoms with E-state index in [1.807, 2.05) is 18.2 Å². The van der Waals surface area contributed by atoms with E-state index in [4.69, 9.17) is 10.5 Å². The third-order valence-electron chi connectivity index (χ3n) is 3.80. The fraction of sp³-hybridized carbons (Fsp3) is 0.533. The maximum atomic E-state index is 6.13. The molecule has 0 aliphatic carbocycles. The summed E-state index contributed by atoms with van der Waals surface area (Å²) in [7, 11) is 1.74. The van der Waals surface area contributed by atoms with Gasteiger partial charge in [0.15, 0.2) is 5.96 Å². The second-order valence-electron chi connectivity index (χ2n) is 6.10. The molecule has 1 aliphatic rings. The fourth-order valence-corrected chi connectivity index (χ4v) is 3.30. The highest BCUT2D eigenvalue weighted by molar-refractivity contribution is 9.10. The molecule has 1 aliphatic heterocycles. The summed E-state index contributed by atoms with van der Waals surface area (Å²) in [6, 6.07) is 8.07. The fourth-order valence-electron chi connectivity index (χ4n) is 2.84. The van der Waals surface area contributed by atoms with E-state index in [0.717, 1.165) is 16.6 Å². The molecule has 0 radical (unpaired) electrons. The minimum absolute atomic E-state index is 0.187. The molecule has 1 aromatic rings. The third-order valence-corrected chi connectivity index (χ3v) is 4.47. The Bertz CT molecular complexity index is 530. The van der Waals surface area contributed by atoms with Gasteiger partial charge in [0.2, 0.25) is 0 Å². The van der Waals surface area contributed by atoms with Crippen molar-refractivity contribution in [3.05, 3.63) is 28.7 Å². The lowest BCUT2D eigenvalue weighted by atomic mass is 9.86. The lowest BCUT2D eigenvalue weighted by Crippen LogP contribution is -2.53. The molecule has 1 unspecified atom stereocenters. The van der Waals surface area contributed by atoms with Crippen molar-refractivity contribution in [3.8, 4) is 0 Å². The molecule has 2 N–H and O–H groups in total. The van der Waals surface area contributed by atoms with E-state index in [1.165, 1.54) is 0 Å². The van der Waals surface area contributed by atoms with Crippen molar-refractivity contribution in [2.45, 2.75) is 38.3 Å². The van der Waals surface area contributed by atoms with Gasteiger partial charge in [-0.05, 0) is 48.8 Å². The lowest BCUT2D eigenvalue weighted by Gasteiger charge is -2.41. The monoisotopic (exact) mass is 339 g/mol. The summed E-state index contributed by atoms with van der Waals surface area (Å²) in [5.74, 6) is 0.561. The van der Waals surface area contributed by atoms with Gasteiger partial charge < -0.3 is 15.4 Å². The molecule has 110 valence electrons. The topological polar surface area (TPSA) is 50.9 Å². The first-order chi connectivity index (χ1) is 9.29. The average molecular weight is 340 g/mol. The van der Waals surface area contributed by atoms with Crippen LogP contribution in [0.4, 0.5) is 5.69 Å². The molecule has 4 nitrogen and oxygen atoms in total. The van der Waals surface area contributed by atoms with Crippen LogP contribution in [-0.4, -0.2) is 30.8 Å². The molecule has 2 rings (SSSR count). The van der Waals surface area contributed by atoms with E-state index in [-0.39, 0.29) is 11.1 Å². The van der Waals surface area contributed by atoms with E-state index in [0.29, 0.717) is 12.5 Å². The summed E-state index contributed by atoms with van der Waals surface area (Å²) < 4.78 is 6.60. The number of nitrogens with two attached hydrogens (primary N) is 1. The predicted octanol–water partition coefficient (Wildman–Crippen LogP) is 3.16. The molecule has 0 fully saturated rings. The zero-order chi connectivity index (χ0) is 15.0. The SMILES string of the molecule is COC(C)(C)CC1(C)CN=C(N)N1c1ccccc1Br. The Labute approximate surface area is 129 Å². The molecule has 5 heteroatoms. The van der Waals surface area contributed by atoms with Gasteiger partial charge in [0, 0.05) is 18.0 Å². The summed E-state index contributed by atoms with van der Waals surface area (Å²) in [5, 5.41) is 0. The summed E-state index contributed by atoms with van der Waals surface area (Å²) in [4.78, 5) is 6.56. The molecule has 1 aromatic carbocycles. The van der Waals surface area contributed by atoms with Gasteiger partial charge in [0.05, 0.1) is 23.4 Å². The maximum absolute atomic E-state index is 6.13. The highest BCUT2D eigenvalue weighted by atomic mass is 79.9. The number of methoxy groups -OCH3 is 1. The Balaban J connectivity index is 2.38. The van der Waals surface area contributed by atoms with E-state index in [1.54, 1.807) is 7.11 Å². The maximum Gasteiger partial charge on any atom is 0.196 e. The minimum Gasteiger partial charge on any atom is -0.379 e. The number of hydrogen-bond donors (Lipinski definition) is 1. The summed E-state index contributed by atoms with van der Waals surface area (Å²) in [6.07, 6.45) is 0.835. The molecule has 0 spiro atoms. The summed E-state index contributed by atoms with van der Waals surface area (Å²) in [6.45, 7) is 7.03. The van der Waals surface area contributed by atoms with Crippen LogP contribution in [0.15, 0.2) is 33.7 Å². The largest absolute Gasteiger partial charge is 0.379 e. The molecule has 0 saturated carbocycles. The second-order valence-corrected chi connectivity index (χ2v) is 6.95. The first-order valence-electron chi connectivity index (χ1n) is 6.69. The number of ether oxygens (including phenoxy) is 1. The Kier molecular flexibility index (Phi) is 4.12. The van der Waals surface area contributed by atoms with Gasteiger partial charge in [-0.2, -0.15) is 0 Å². The van der Waals surface area contributed by atoms with Gasteiger partial charge in [0.1, 0.15) is 0 Å². The van der Waals surface area contributed by atoms with Crippen molar-refractivity contribution < 1.29 is 4.74 Å². The van der Waals surface area contributed by atoms with Crippen LogP contribution < -0.4 is 10.6 Å². The van der Waals surface area contributed by atoms with E-state index in [2.05, 4.69) is 52.7 Å². The highest BCUT2D eigenvalue weighted by Crippen LogP contribution is 2.38. The Morgan fingerprint density at radius 1 is 1.45 bits per heavy atom. The normalized spacial score (nSPS) is 23.1. The van der Waals surface area contributed by atoms with Crippen LogP contribution in [0.25, 0.3) is 0 Å². The lowest BCUT2D eigenvalue weighted by molar-refractivity contribution is 0.00151. The summed E-state index contributed by atoms with van der Waals surface area (Å²) >= 11 is 3.60. The first-order valence-corrected chi connectivity index (χ1v) is 7.48. The Morgan fingerprint density at radius 3 is 2.70 bits per heavy atom. The van der Waals surface area contributed by atoms with Crippen LogP contribution in [0.3, 0.4) is 0 Å². The number of nitrogens with zero attached hydrogens (tertiary/aromatic N) is 2. The van der Waals surface area contributed by atoms with Gasteiger partial charge in [0.25, 0.3) is 0 Å². The number of anilines is 1. The highest BCUT2D eigenvalue weighted by Gasteiger charge is 2.43. The van der Waals surface area contributed by atoms with Gasteiger partial charge >= 0.3 is 0 Å². The number of rotatable bonds is 4. The molecular formula is C15H22BrN3O. The number of halogens is 1. The zero-order valence-corrected chi connectivity index (χ0v) is 14.1. The number of aliphatic imine (C=N–C) groups is 1. The van der Waals surface area contributed by atoms with Gasteiger partial charge in [-0.25, -0.2) is 0 Å². The van der Waals surface area contributed by atoms with Crippen LogP contribution in [0.1, 0.15) is 27.2 Å². The molecule has 0 amide bonds. The molecule has 1 atom stereocenters. The van der Waals surface area contributed by atoms with Crippen molar-refractivity contribution >= 4 is 27.6 Å². The standard InChI is InChI=1S/C15H22BrN3O/c1-14(2,20-4)9-15(3)10-18-13(17)19(15)12-8-6-5-7-11(12)16/h5-8H,9-10H2,1-4H3,(H2,17,18). The van der Waals surface area contributed by atoms with E-state index in [9.17, 15) is 0 Å². The van der Waals surface area contributed by atoms with Crippen molar-refractivity contribution in [2.75, 3.05) is 18.6 Å². The molecule has 1 heterocycles. The van der Waals surface area contributed by atoms with Gasteiger partial charge in [-0.3, -0.25) is 4.99 Å². The van der Waals surface area contributed by atoms with Crippen LogP contribution in [0.2, 0.25) is 0 Å². The quantitative estimate of drug-likeness (QED) is 0.916. The predicted molar refractivity (Wildman–Crippen MR) is 87.2 cm³/mol. The average Bonchev–Trinajstić information content (AvgIpc) is 2.65. The first kappa shape index (κ1) is 15.3. The summed E-state index contributed by atoms with van der Waals surface area (Å²) in [5.41, 5.74) is 6.76. The number of para-hydroxylation sites is 1. The molecular weight excluding hydrogens is 318 g/mol.